The average Bonchev–Trinajstić information content (AvgIpc) is 3.30. The fraction of sp³-hybridized carbons (Fsp3) is 0.231. The molecule has 2 aliphatic heterocycles. The first-order chi connectivity index (χ1) is 14.3. The lowest BCUT2D eigenvalue weighted by atomic mass is 9.83. The Bertz CT molecular complexity index is 1150. The Balaban J connectivity index is 1.51. The van der Waals surface area contributed by atoms with Gasteiger partial charge in [-0.25, -0.2) is 0 Å². The number of hydrogen-bond donors (Lipinski definition) is 0. The van der Waals surface area contributed by atoms with E-state index < -0.39 is 0 Å². The van der Waals surface area contributed by atoms with Crippen LogP contribution in [-0.4, -0.2) is 15.7 Å². The molecule has 3 heteroatoms. The number of benzene rings is 3. The molecule has 6 rings (SSSR count). The maximum atomic E-state index is 6.67. The second-order valence-electron chi connectivity index (χ2n) is 8.21. The van der Waals surface area contributed by atoms with Crippen LogP contribution < -0.4 is 0 Å². The molecule has 0 unspecified atom stereocenters. The third-order valence-electron chi connectivity index (χ3n) is 6.63. The summed E-state index contributed by atoms with van der Waals surface area (Å²) in [5, 5.41) is 3.57. The molecule has 0 N–H and O–H groups in total. The molecule has 29 heavy (non-hydrogen) atoms. The van der Waals surface area contributed by atoms with E-state index in [1.165, 1.54) is 27.7 Å². The van der Waals surface area contributed by atoms with Gasteiger partial charge in [0.1, 0.15) is 6.10 Å². The van der Waals surface area contributed by atoms with Gasteiger partial charge in [0.2, 0.25) is 0 Å². The van der Waals surface area contributed by atoms with E-state index in [2.05, 4.69) is 108 Å². The van der Waals surface area contributed by atoms with Gasteiger partial charge in [0.15, 0.2) is 0 Å². The summed E-state index contributed by atoms with van der Waals surface area (Å²) in [6.45, 7) is 3.14. The van der Waals surface area contributed by atoms with Crippen LogP contribution in [0.5, 0.6) is 0 Å². The minimum atomic E-state index is 0.136. The number of hydrogen-bond acceptors (Lipinski definition) is 2. The molecule has 0 saturated carbocycles. The largest absolute Gasteiger partial charge is 0.340 e. The van der Waals surface area contributed by atoms with Crippen LogP contribution in [0.1, 0.15) is 41.7 Å². The Morgan fingerprint density at radius 2 is 1.55 bits per heavy atom. The molecular formula is C26H24N2O. The summed E-state index contributed by atoms with van der Waals surface area (Å²) >= 11 is 0. The Labute approximate surface area is 171 Å². The van der Waals surface area contributed by atoms with Crippen LogP contribution in [0, 0.1) is 0 Å². The summed E-state index contributed by atoms with van der Waals surface area (Å²) in [7, 11) is 0. The highest BCUT2D eigenvalue weighted by Crippen LogP contribution is 2.53. The van der Waals surface area contributed by atoms with E-state index in [9.17, 15) is 0 Å². The number of para-hydroxylation sites is 1. The Hall–Kier alpha value is -2.88. The van der Waals surface area contributed by atoms with E-state index in [0.29, 0.717) is 5.92 Å². The van der Waals surface area contributed by atoms with Gasteiger partial charge in [-0.15, -0.1) is 0 Å². The molecule has 4 atom stereocenters. The zero-order valence-electron chi connectivity index (χ0n) is 16.5. The Morgan fingerprint density at radius 1 is 0.862 bits per heavy atom. The highest BCUT2D eigenvalue weighted by atomic mass is 16.7. The lowest BCUT2D eigenvalue weighted by Gasteiger charge is -2.33. The van der Waals surface area contributed by atoms with Gasteiger partial charge >= 0.3 is 0 Å². The van der Waals surface area contributed by atoms with Crippen molar-refractivity contribution in [2.24, 2.45) is 0 Å². The lowest BCUT2D eigenvalue weighted by molar-refractivity contribution is -0.185. The lowest BCUT2D eigenvalue weighted by Crippen LogP contribution is -2.31. The zero-order chi connectivity index (χ0) is 19.4. The molecule has 1 aromatic heterocycles. The summed E-state index contributed by atoms with van der Waals surface area (Å²) in [5.74, 6) is 0.333. The van der Waals surface area contributed by atoms with E-state index in [-0.39, 0.29) is 18.2 Å². The van der Waals surface area contributed by atoms with Crippen molar-refractivity contribution in [3.63, 3.8) is 0 Å². The van der Waals surface area contributed by atoms with Crippen LogP contribution in [0.25, 0.3) is 10.9 Å². The Morgan fingerprint density at radius 3 is 2.34 bits per heavy atom. The normalized spacial score (nSPS) is 24.5. The van der Waals surface area contributed by atoms with Crippen molar-refractivity contribution in [1.82, 2.24) is 9.63 Å². The van der Waals surface area contributed by atoms with Gasteiger partial charge in [0, 0.05) is 17.1 Å². The molecular weight excluding hydrogens is 356 g/mol. The minimum Gasteiger partial charge on any atom is -0.340 e. The molecule has 3 nitrogen and oxygen atoms in total. The molecule has 0 spiro atoms. The molecule has 0 aliphatic carbocycles. The van der Waals surface area contributed by atoms with Crippen LogP contribution in [0.2, 0.25) is 0 Å². The van der Waals surface area contributed by atoms with E-state index in [1.807, 2.05) is 0 Å². The molecule has 2 bridgehead atoms. The fourth-order valence-corrected chi connectivity index (χ4v) is 5.25. The summed E-state index contributed by atoms with van der Waals surface area (Å²) in [5.41, 5.74) is 5.31. The van der Waals surface area contributed by atoms with E-state index in [4.69, 9.17) is 4.84 Å². The van der Waals surface area contributed by atoms with E-state index in [0.717, 1.165) is 6.54 Å². The van der Waals surface area contributed by atoms with Crippen LogP contribution >= 0.6 is 0 Å². The SMILES string of the molecule is C[C@H](c1ccccc1)N1O[C@@H]2Cn3c(cc4ccccc43)[C@H]1[C@H]2c1ccccc1. The molecule has 0 radical (unpaired) electrons. The van der Waals surface area contributed by atoms with Crippen molar-refractivity contribution in [2.45, 2.75) is 37.6 Å². The quantitative estimate of drug-likeness (QED) is 0.443. The third kappa shape index (κ3) is 2.58. The number of hydroxylamine groups is 2. The predicted octanol–water partition coefficient (Wildman–Crippen LogP) is 5.86. The van der Waals surface area contributed by atoms with E-state index >= 15 is 0 Å². The van der Waals surface area contributed by atoms with Crippen molar-refractivity contribution in [3.8, 4) is 0 Å². The Kier molecular flexibility index (Phi) is 3.86. The van der Waals surface area contributed by atoms with Gasteiger partial charge in [-0.05, 0) is 35.6 Å². The molecule has 144 valence electrons. The van der Waals surface area contributed by atoms with Crippen molar-refractivity contribution in [3.05, 3.63) is 108 Å². The van der Waals surface area contributed by atoms with Crippen LogP contribution in [-0.2, 0) is 11.4 Å². The van der Waals surface area contributed by atoms with Gasteiger partial charge < -0.3 is 4.57 Å². The predicted molar refractivity (Wildman–Crippen MR) is 115 cm³/mol. The van der Waals surface area contributed by atoms with Crippen LogP contribution in [0.4, 0.5) is 0 Å². The molecule has 4 aromatic rings. The second-order valence-corrected chi connectivity index (χ2v) is 8.21. The molecule has 2 aliphatic rings. The van der Waals surface area contributed by atoms with Crippen LogP contribution in [0.15, 0.2) is 91.0 Å². The number of fused-ring (bicyclic) bond motifs is 6. The van der Waals surface area contributed by atoms with Gasteiger partial charge in [-0.3, -0.25) is 4.84 Å². The molecule has 3 aromatic carbocycles. The number of nitrogens with zero attached hydrogens (tertiary/aromatic N) is 2. The van der Waals surface area contributed by atoms with Gasteiger partial charge in [0.25, 0.3) is 0 Å². The third-order valence-corrected chi connectivity index (χ3v) is 6.63. The first-order valence-electron chi connectivity index (χ1n) is 10.4. The van der Waals surface area contributed by atoms with Gasteiger partial charge in [0.05, 0.1) is 18.6 Å². The molecule has 3 heterocycles. The monoisotopic (exact) mass is 380 g/mol. The maximum absolute atomic E-state index is 6.67. The summed E-state index contributed by atoms with van der Waals surface area (Å²) in [6, 6.07) is 33.0. The number of aromatic nitrogens is 1. The van der Waals surface area contributed by atoms with Crippen molar-refractivity contribution in [2.75, 3.05) is 0 Å². The summed E-state index contributed by atoms with van der Waals surface area (Å²) in [6.07, 6.45) is 0.136. The van der Waals surface area contributed by atoms with Crippen molar-refractivity contribution < 1.29 is 4.84 Å². The van der Waals surface area contributed by atoms with Crippen molar-refractivity contribution in [1.29, 1.82) is 0 Å². The second kappa shape index (κ2) is 6.58. The zero-order valence-corrected chi connectivity index (χ0v) is 16.5. The van der Waals surface area contributed by atoms with Gasteiger partial charge in [-0.1, -0.05) is 78.9 Å². The van der Waals surface area contributed by atoms with Crippen LogP contribution in [0.3, 0.4) is 0 Å². The molecule has 0 amide bonds. The molecule has 1 saturated heterocycles. The number of rotatable bonds is 3. The average molecular weight is 380 g/mol. The minimum absolute atomic E-state index is 0.136. The van der Waals surface area contributed by atoms with Crippen molar-refractivity contribution >= 4 is 10.9 Å². The fourth-order valence-electron chi connectivity index (χ4n) is 5.25. The van der Waals surface area contributed by atoms with Gasteiger partial charge in [-0.2, -0.15) is 5.06 Å². The smallest absolute Gasteiger partial charge is 0.106 e. The first-order valence-corrected chi connectivity index (χ1v) is 10.4. The standard InChI is InChI=1S/C26H24N2O/c1-18(19-10-4-2-5-11-19)28-26-23-16-21-14-8-9-15-22(21)27(23)17-24(29-28)25(26)20-12-6-3-7-13-20/h2-16,18,24-26H,17H2,1H3/t18-,24-,25+,26+/m1/s1. The summed E-state index contributed by atoms with van der Waals surface area (Å²) in [4.78, 5) is 6.67. The first kappa shape index (κ1) is 17.0. The molecule has 1 fully saturated rings. The maximum Gasteiger partial charge on any atom is 0.106 e. The summed E-state index contributed by atoms with van der Waals surface area (Å²) < 4.78 is 2.47. The van der Waals surface area contributed by atoms with E-state index in [1.54, 1.807) is 0 Å². The highest BCUT2D eigenvalue weighted by molar-refractivity contribution is 5.81. The highest BCUT2D eigenvalue weighted by Gasteiger charge is 2.51. The topological polar surface area (TPSA) is 17.4 Å².